The van der Waals surface area contributed by atoms with Gasteiger partial charge in [0.15, 0.2) is 0 Å². The molecule has 0 aromatic rings. The highest BCUT2D eigenvalue weighted by Crippen LogP contribution is 2.23. The van der Waals surface area contributed by atoms with E-state index in [9.17, 15) is 0 Å². The zero-order valence-corrected chi connectivity index (χ0v) is 13.0. The van der Waals surface area contributed by atoms with Gasteiger partial charge >= 0.3 is 0 Å². The van der Waals surface area contributed by atoms with E-state index in [1.54, 1.807) is 0 Å². The van der Waals surface area contributed by atoms with Crippen molar-refractivity contribution in [3.8, 4) is 0 Å². The van der Waals surface area contributed by atoms with Crippen molar-refractivity contribution >= 4 is 0 Å². The van der Waals surface area contributed by atoms with Gasteiger partial charge in [-0.3, -0.25) is 4.90 Å². The van der Waals surface area contributed by atoms with E-state index >= 15 is 0 Å². The normalized spacial score (nSPS) is 26.5. The monoisotopic (exact) mass is 256 g/mol. The standard InChI is InChI=1S/C15H32N2O/c1-6-7-9-18-10-8-17-12-14(15(3,4)5)16-11-13(17)2/h13-14,16H,6-12H2,1-5H3. The first kappa shape index (κ1) is 15.9. The number of unbranched alkanes of at least 4 members (excludes halogenated alkanes) is 1. The first-order chi connectivity index (χ1) is 8.45. The molecule has 1 heterocycles. The molecule has 1 aliphatic heterocycles. The molecule has 0 radical (unpaired) electrons. The van der Waals surface area contributed by atoms with Crippen LogP contribution in [0.15, 0.2) is 0 Å². The fourth-order valence-corrected chi connectivity index (χ4v) is 2.34. The van der Waals surface area contributed by atoms with Gasteiger partial charge in [0, 0.05) is 38.3 Å². The lowest BCUT2D eigenvalue weighted by atomic mass is 9.85. The number of rotatable bonds is 6. The molecular formula is C15H32N2O. The molecule has 0 saturated carbocycles. The summed E-state index contributed by atoms with van der Waals surface area (Å²) in [6, 6.07) is 1.21. The quantitative estimate of drug-likeness (QED) is 0.739. The first-order valence-electron chi connectivity index (χ1n) is 7.50. The van der Waals surface area contributed by atoms with Crippen molar-refractivity contribution in [1.82, 2.24) is 10.2 Å². The minimum absolute atomic E-state index is 0.335. The van der Waals surface area contributed by atoms with Gasteiger partial charge in [-0.25, -0.2) is 0 Å². The van der Waals surface area contributed by atoms with Crippen LogP contribution in [0, 0.1) is 5.41 Å². The summed E-state index contributed by atoms with van der Waals surface area (Å²) < 4.78 is 5.68. The van der Waals surface area contributed by atoms with Crippen LogP contribution in [0.1, 0.15) is 47.5 Å². The molecule has 1 rings (SSSR count). The maximum atomic E-state index is 5.68. The molecule has 1 aliphatic rings. The van der Waals surface area contributed by atoms with Crippen LogP contribution in [0.3, 0.4) is 0 Å². The Labute approximate surface area is 113 Å². The number of piperazine rings is 1. The molecule has 2 unspecified atom stereocenters. The van der Waals surface area contributed by atoms with Crippen LogP contribution in [0.5, 0.6) is 0 Å². The zero-order chi connectivity index (χ0) is 13.6. The molecule has 0 bridgehead atoms. The van der Waals surface area contributed by atoms with E-state index in [4.69, 9.17) is 4.74 Å². The molecule has 3 nitrogen and oxygen atoms in total. The lowest BCUT2D eigenvalue weighted by molar-refractivity contribution is 0.0510. The average Bonchev–Trinajstić information content (AvgIpc) is 2.29. The van der Waals surface area contributed by atoms with Crippen molar-refractivity contribution < 1.29 is 4.74 Å². The summed E-state index contributed by atoms with van der Waals surface area (Å²) in [4.78, 5) is 2.57. The summed E-state index contributed by atoms with van der Waals surface area (Å²) in [5, 5.41) is 3.67. The third-order valence-electron chi connectivity index (χ3n) is 3.91. The Morgan fingerprint density at radius 1 is 1.28 bits per heavy atom. The molecule has 0 spiro atoms. The second-order valence-electron chi connectivity index (χ2n) is 6.64. The van der Waals surface area contributed by atoms with Gasteiger partial charge in [0.05, 0.1) is 6.61 Å². The Kier molecular flexibility index (Phi) is 6.61. The fraction of sp³-hybridized carbons (Fsp3) is 1.00. The van der Waals surface area contributed by atoms with Crippen molar-refractivity contribution in [2.45, 2.75) is 59.5 Å². The summed E-state index contributed by atoms with van der Waals surface area (Å²) in [6.07, 6.45) is 2.40. The van der Waals surface area contributed by atoms with Gasteiger partial charge < -0.3 is 10.1 Å². The van der Waals surface area contributed by atoms with E-state index in [0.717, 1.165) is 32.8 Å². The average molecular weight is 256 g/mol. The van der Waals surface area contributed by atoms with Gasteiger partial charge in [0.2, 0.25) is 0 Å². The first-order valence-corrected chi connectivity index (χ1v) is 7.50. The highest BCUT2D eigenvalue weighted by atomic mass is 16.5. The van der Waals surface area contributed by atoms with Gasteiger partial charge in [-0.05, 0) is 18.8 Å². The highest BCUT2D eigenvalue weighted by Gasteiger charge is 2.31. The largest absolute Gasteiger partial charge is 0.380 e. The van der Waals surface area contributed by atoms with Crippen LogP contribution < -0.4 is 5.32 Å². The molecule has 108 valence electrons. The Morgan fingerprint density at radius 3 is 2.61 bits per heavy atom. The van der Waals surface area contributed by atoms with Crippen molar-refractivity contribution in [1.29, 1.82) is 0 Å². The molecular weight excluding hydrogens is 224 g/mol. The van der Waals surface area contributed by atoms with E-state index < -0.39 is 0 Å². The minimum atomic E-state index is 0.335. The smallest absolute Gasteiger partial charge is 0.0593 e. The SMILES string of the molecule is CCCCOCCN1CC(C(C)(C)C)NCC1C. The molecule has 3 heteroatoms. The number of nitrogens with zero attached hydrogens (tertiary/aromatic N) is 1. The summed E-state index contributed by atoms with van der Waals surface area (Å²) in [7, 11) is 0. The summed E-state index contributed by atoms with van der Waals surface area (Å²) in [6.45, 7) is 16.6. The summed E-state index contributed by atoms with van der Waals surface area (Å²) in [5.74, 6) is 0. The Morgan fingerprint density at radius 2 is 2.00 bits per heavy atom. The number of hydrogen-bond acceptors (Lipinski definition) is 3. The van der Waals surface area contributed by atoms with E-state index in [-0.39, 0.29) is 0 Å². The minimum Gasteiger partial charge on any atom is -0.380 e. The van der Waals surface area contributed by atoms with Gasteiger partial charge in [-0.15, -0.1) is 0 Å². The predicted molar refractivity (Wildman–Crippen MR) is 78.0 cm³/mol. The molecule has 0 aromatic heterocycles. The molecule has 18 heavy (non-hydrogen) atoms. The van der Waals surface area contributed by atoms with Crippen LogP contribution in [0.2, 0.25) is 0 Å². The summed E-state index contributed by atoms with van der Waals surface area (Å²) >= 11 is 0. The second-order valence-corrected chi connectivity index (χ2v) is 6.64. The predicted octanol–water partition coefficient (Wildman–Crippen LogP) is 2.51. The summed E-state index contributed by atoms with van der Waals surface area (Å²) in [5.41, 5.74) is 0.335. The van der Waals surface area contributed by atoms with Crippen LogP contribution in [-0.4, -0.2) is 49.8 Å². The lowest BCUT2D eigenvalue weighted by Gasteiger charge is -2.44. The van der Waals surface area contributed by atoms with E-state index in [2.05, 4.69) is 44.8 Å². The molecule has 0 amide bonds. The Hall–Kier alpha value is -0.120. The van der Waals surface area contributed by atoms with Gasteiger partial charge in [0.25, 0.3) is 0 Å². The van der Waals surface area contributed by atoms with Crippen molar-refractivity contribution in [3.63, 3.8) is 0 Å². The molecule has 0 aliphatic carbocycles. The van der Waals surface area contributed by atoms with Crippen molar-refractivity contribution in [2.75, 3.05) is 32.8 Å². The maximum Gasteiger partial charge on any atom is 0.0593 e. The van der Waals surface area contributed by atoms with Crippen molar-refractivity contribution in [3.05, 3.63) is 0 Å². The number of ether oxygens (including phenoxy) is 1. The maximum absolute atomic E-state index is 5.68. The van der Waals surface area contributed by atoms with E-state index in [1.807, 2.05) is 0 Å². The van der Waals surface area contributed by atoms with Gasteiger partial charge in [-0.2, -0.15) is 0 Å². The van der Waals surface area contributed by atoms with Crippen LogP contribution >= 0.6 is 0 Å². The third-order valence-corrected chi connectivity index (χ3v) is 3.91. The highest BCUT2D eigenvalue weighted by molar-refractivity contribution is 4.90. The number of nitrogens with one attached hydrogen (secondary N) is 1. The number of hydrogen-bond donors (Lipinski definition) is 1. The van der Waals surface area contributed by atoms with Gasteiger partial charge in [-0.1, -0.05) is 34.1 Å². The van der Waals surface area contributed by atoms with E-state index in [0.29, 0.717) is 17.5 Å². The van der Waals surface area contributed by atoms with Crippen LogP contribution in [0.25, 0.3) is 0 Å². The molecule has 1 N–H and O–H groups in total. The molecule has 1 saturated heterocycles. The van der Waals surface area contributed by atoms with E-state index in [1.165, 1.54) is 12.8 Å². The Balaban J connectivity index is 2.29. The third kappa shape index (κ3) is 5.25. The molecule has 0 aromatic carbocycles. The Bertz CT molecular complexity index is 225. The lowest BCUT2D eigenvalue weighted by Crippen LogP contribution is -2.59. The second kappa shape index (κ2) is 7.46. The molecule has 2 atom stereocenters. The van der Waals surface area contributed by atoms with Crippen LogP contribution in [-0.2, 0) is 4.74 Å². The zero-order valence-electron chi connectivity index (χ0n) is 13.0. The van der Waals surface area contributed by atoms with Gasteiger partial charge in [0.1, 0.15) is 0 Å². The van der Waals surface area contributed by atoms with Crippen LogP contribution in [0.4, 0.5) is 0 Å². The topological polar surface area (TPSA) is 24.5 Å². The molecule has 1 fully saturated rings. The van der Waals surface area contributed by atoms with Crippen molar-refractivity contribution in [2.24, 2.45) is 5.41 Å². The fourth-order valence-electron chi connectivity index (χ4n) is 2.34.